The Morgan fingerprint density at radius 3 is 2.55 bits per heavy atom. The van der Waals surface area contributed by atoms with Gasteiger partial charge in [-0.05, 0) is 20.8 Å². The maximum atomic E-state index is 11.9. The van der Waals surface area contributed by atoms with E-state index in [1.165, 1.54) is 6.92 Å². The van der Waals surface area contributed by atoms with Crippen molar-refractivity contribution in [3.05, 3.63) is 22.0 Å². The molecule has 0 fully saturated rings. The van der Waals surface area contributed by atoms with Crippen molar-refractivity contribution < 1.29 is 18.8 Å². The number of aromatic nitrogens is 2. The molecule has 0 atom stereocenters. The number of ether oxygens (including phenoxy) is 1. The number of hydrogen-bond donors (Lipinski definition) is 0. The van der Waals surface area contributed by atoms with Crippen LogP contribution in [-0.4, -0.2) is 28.5 Å². The van der Waals surface area contributed by atoms with E-state index in [4.69, 9.17) is 9.26 Å². The second-order valence-corrected chi connectivity index (χ2v) is 5.17. The van der Waals surface area contributed by atoms with Crippen LogP contribution >= 0.6 is 11.3 Å². The normalized spacial score (nSPS) is 10.6. The van der Waals surface area contributed by atoms with Crippen molar-refractivity contribution in [1.82, 2.24) is 10.1 Å². The van der Waals surface area contributed by atoms with Gasteiger partial charge in [0.15, 0.2) is 11.5 Å². The first-order valence-electron chi connectivity index (χ1n) is 6.07. The molecule has 2 rings (SSSR count). The van der Waals surface area contributed by atoms with Crippen LogP contribution in [0.5, 0.6) is 0 Å². The summed E-state index contributed by atoms with van der Waals surface area (Å²) < 4.78 is 10.0. The zero-order valence-corrected chi connectivity index (χ0v) is 12.5. The highest BCUT2D eigenvalue weighted by Gasteiger charge is 2.25. The zero-order chi connectivity index (χ0) is 14.9. The lowest BCUT2D eigenvalue weighted by molar-refractivity contribution is 0.0517. The summed E-state index contributed by atoms with van der Waals surface area (Å²) in [5.41, 5.74) is 1.44. The van der Waals surface area contributed by atoms with E-state index in [1.54, 1.807) is 20.8 Å². The molecular formula is C13H14N2O4S. The second-order valence-electron chi connectivity index (χ2n) is 4.17. The Morgan fingerprint density at radius 1 is 1.35 bits per heavy atom. The molecule has 2 aromatic rings. The Balaban J connectivity index is 2.55. The van der Waals surface area contributed by atoms with Crippen LogP contribution in [-0.2, 0) is 4.74 Å². The largest absolute Gasteiger partial charge is 0.461 e. The van der Waals surface area contributed by atoms with Crippen molar-refractivity contribution in [3.63, 3.8) is 0 Å². The third kappa shape index (κ3) is 2.49. The number of thiazole rings is 1. The van der Waals surface area contributed by atoms with Crippen LogP contribution in [0.25, 0.3) is 10.6 Å². The van der Waals surface area contributed by atoms with Gasteiger partial charge in [0.25, 0.3) is 0 Å². The van der Waals surface area contributed by atoms with Crippen molar-refractivity contribution in [2.24, 2.45) is 0 Å². The summed E-state index contributed by atoms with van der Waals surface area (Å²) in [5, 5.41) is 4.38. The third-order valence-corrected chi connectivity index (χ3v) is 3.84. The summed E-state index contributed by atoms with van der Waals surface area (Å²) in [6.07, 6.45) is 0. The quantitative estimate of drug-likeness (QED) is 0.637. The minimum absolute atomic E-state index is 0.0550. The lowest BCUT2D eigenvalue weighted by Gasteiger charge is -1.98. The number of ketones is 1. The van der Waals surface area contributed by atoms with Gasteiger partial charge in [0.1, 0.15) is 15.6 Å². The van der Waals surface area contributed by atoms with E-state index in [0.29, 0.717) is 26.9 Å². The molecule has 106 valence electrons. The van der Waals surface area contributed by atoms with Crippen LogP contribution in [0.4, 0.5) is 0 Å². The summed E-state index contributed by atoms with van der Waals surface area (Å²) in [4.78, 5) is 28.0. The molecule has 2 heterocycles. The number of Topliss-reactive ketones (excluding diaryl/α,β-unsaturated/α-hetero) is 1. The Kier molecular flexibility index (Phi) is 3.99. The highest BCUT2D eigenvalue weighted by Crippen LogP contribution is 2.33. The highest BCUT2D eigenvalue weighted by atomic mass is 32.1. The van der Waals surface area contributed by atoms with Gasteiger partial charge in [0, 0.05) is 6.92 Å². The fraction of sp³-hybridized carbons (Fsp3) is 0.385. The summed E-state index contributed by atoms with van der Waals surface area (Å²) in [5.74, 6) is -0.211. The van der Waals surface area contributed by atoms with Crippen molar-refractivity contribution >= 4 is 23.1 Å². The van der Waals surface area contributed by atoms with Gasteiger partial charge in [-0.1, -0.05) is 5.16 Å². The first-order valence-corrected chi connectivity index (χ1v) is 6.89. The van der Waals surface area contributed by atoms with Crippen LogP contribution in [0.1, 0.15) is 45.5 Å². The molecule has 0 amide bonds. The van der Waals surface area contributed by atoms with E-state index < -0.39 is 5.97 Å². The van der Waals surface area contributed by atoms with Gasteiger partial charge in [-0.2, -0.15) is 0 Å². The molecule has 0 aromatic carbocycles. The predicted molar refractivity (Wildman–Crippen MR) is 73.0 cm³/mol. The zero-order valence-electron chi connectivity index (χ0n) is 11.6. The maximum absolute atomic E-state index is 11.9. The molecule has 0 spiro atoms. The first kappa shape index (κ1) is 14.4. The standard InChI is InChI=1S/C13H14N2O4S/c1-5-18-13(17)10-11(7(3)16)20-12(14-10)9-6(2)15-19-8(9)4/h5H2,1-4H3. The Morgan fingerprint density at radius 2 is 2.05 bits per heavy atom. The van der Waals surface area contributed by atoms with Gasteiger partial charge >= 0.3 is 5.97 Å². The molecular weight excluding hydrogens is 280 g/mol. The van der Waals surface area contributed by atoms with Crippen LogP contribution in [0.3, 0.4) is 0 Å². The van der Waals surface area contributed by atoms with E-state index in [1.807, 2.05) is 0 Å². The van der Waals surface area contributed by atoms with Gasteiger partial charge < -0.3 is 9.26 Å². The number of aryl methyl sites for hydroxylation is 2. The topological polar surface area (TPSA) is 82.3 Å². The summed E-state index contributed by atoms with van der Waals surface area (Å²) in [7, 11) is 0. The smallest absolute Gasteiger partial charge is 0.358 e. The molecule has 0 bridgehead atoms. The second kappa shape index (κ2) is 5.54. The molecule has 0 radical (unpaired) electrons. The molecule has 0 saturated carbocycles. The number of nitrogens with zero attached hydrogens (tertiary/aromatic N) is 2. The molecule has 0 aliphatic rings. The maximum Gasteiger partial charge on any atom is 0.358 e. The average molecular weight is 294 g/mol. The van der Waals surface area contributed by atoms with E-state index in [-0.39, 0.29) is 18.1 Å². The summed E-state index contributed by atoms with van der Waals surface area (Å²) >= 11 is 1.15. The fourth-order valence-corrected chi connectivity index (χ4v) is 2.88. The number of esters is 1. The van der Waals surface area contributed by atoms with E-state index >= 15 is 0 Å². The molecule has 7 heteroatoms. The lowest BCUT2D eigenvalue weighted by Crippen LogP contribution is -2.09. The molecule has 0 saturated heterocycles. The van der Waals surface area contributed by atoms with Gasteiger partial charge in [-0.25, -0.2) is 9.78 Å². The lowest BCUT2D eigenvalue weighted by atomic mass is 10.2. The fourth-order valence-electron chi connectivity index (χ4n) is 1.79. The van der Waals surface area contributed by atoms with E-state index in [0.717, 1.165) is 11.3 Å². The summed E-state index contributed by atoms with van der Waals surface area (Å²) in [6.45, 7) is 6.87. The number of hydrogen-bond acceptors (Lipinski definition) is 7. The summed E-state index contributed by atoms with van der Waals surface area (Å²) in [6, 6.07) is 0. The molecule has 20 heavy (non-hydrogen) atoms. The van der Waals surface area contributed by atoms with Crippen molar-refractivity contribution in [2.75, 3.05) is 6.61 Å². The minimum Gasteiger partial charge on any atom is -0.461 e. The van der Waals surface area contributed by atoms with E-state index in [9.17, 15) is 9.59 Å². The minimum atomic E-state index is -0.591. The number of carbonyl (C=O) groups is 2. The van der Waals surface area contributed by atoms with Gasteiger partial charge in [-0.3, -0.25) is 4.79 Å². The van der Waals surface area contributed by atoms with Gasteiger partial charge in [0.05, 0.1) is 17.9 Å². The monoisotopic (exact) mass is 294 g/mol. The van der Waals surface area contributed by atoms with Crippen molar-refractivity contribution in [2.45, 2.75) is 27.7 Å². The van der Waals surface area contributed by atoms with Crippen molar-refractivity contribution in [3.8, 4) is 10.6 Å². The Bertz CT molecular complexity index is 652. The molecule has 0 N–H and O–H groups in total. The SMILES string of the molecule is CCOC(=O)c1nc(-c2c(C)noc2C)sc1C(C)=O. The predicted octanol–water partition coefficient (Wildman–Crippen LogP) is 2.79. The number of carbonyl (C=O) groups excluding carboxylic acids is 2. The van der Waals surface area contributed by atoms with Gasteiger partial charge in [0.2, 0.25) is 0 Å². The average Bonchev–Trinajstić information content (AvgIpc) is 2.94. The Hall–Kier alpha value is -2.02. The number of rotatable bonds is 4. The van der Waals surface area contributed by atoms with Crippen LogP contribution in [0.15, 0.2) is 4.52 Å². The van der Waals surface area contributed by atoms with Gasteiger partial charge in [-0.15, -0.1) is 11.3 Å². The molecule has 2 aromatic heterocycles. The molecule has 0 aliphatic carbocycles. The molecule has 0 unspecified atom stereocenters. The van der Waals surface area contributed by atoms with Crippen LogP contribution < -0.4 is 0 Å². The Labute approximate surface area is 119 Å². The van der Waals surface area contributed by atoms with E-state index in [2.05, 4.69) is 10.1 Å². The first-order chi connectivity index (χ1) is 9.45. The van der Waals surface area contributed by atoms with Crippen LogP contribution in [0, 0.1) is 13.8 Å². The third-order valence-electron chi connectivity index (χ3n) is 2.66. The molecule has 6 nitrogen and oxygen atoms in total. The van der Waals surface area contributed by atoms with Crippen molar-refractivity contribution in [1.29, 1.82) is 0 Å². The van der Waals surface area contributed by atoms with Crippen LogP contribution in [0.2, 0.25) is 0 Å². The molecule has 0 aliphatic heterocycles. The highest BCUT2D eigenvalue weighted by molar-refractivity contribution is 7.17.